The highest BCUT2D eigenvalue weighted by atomic mass is 19.4. The van der Waals surface area contributed by atoms with Gasteiger partial charge in [-0.1, -0.05) is 0 Å². The molecule has 1 aromatic carbocycles. The zero-order valence-corrected chi connectivity index (χ0v) is 11.7. The topological polar surface area (TPSA) is 90.7 Å². The highest BCUT2D eigenvalue weighted by Crippen LogP contribution is 2.34. The summed E-state index contributed by atoms with van der Waals surface area (Å²) >= 11 is 0. The van der Waals surface area contributed by atoms with Gasteiger partial charge in [0.25, 0.3) is 11.6 Å². The van der Waals surface area contributed by atoms with Crippen molar-refractivity contribution < 1.29 is 32.4 Å². The van der Waals surface area contributed by atoms with Gasteiger partial charge in [-0.2, -0.15) is 13.2 Å². The lowest BCUT2D eigenvalue weighted by atomic mass is 10.1. The molecule has 0 atom stereocenters. The smallest absolute Gasteiger partial charge is 0.405 e. The van der Waals surface area contributed by atoms with Crippen molar-refractivity contribution in [1.82, 2.24) is 5.32 Å². The van der Waals surface area contributed by atoms with E-state index in [0.29, 0.717) is 0 Å². The van der Waals surface area contributed by atoms with E-state index >= 15 is 0 Å². The third kappa shape index (κ3) is 4.50. The predicted octanol–water partition coefficient (Wildman–Crippen LogP) is 2.29. The van der Waals surface area contributed by atoms with E-state index in [1.165, 1.54) is 7.11 Å². The third-order valence-electron chi connectivity index (χ3n) is 2.47. The second-order valence-corrected chi connectivity index (χ2v) is 4.01. The number of nitrogens with one attached hydrogen (secondary N) is 1. The molecule has 0 heterocycles. The van der Waals surface area contributed by atoms with Crippen LogP contribution in [0.4, 0.5) is 18.9 Å². The van der Waals surface area contributed by atoms with E-state index in [9.17, 15) is 28.1 Å². The molecule has 1 N–H and O–H groups in total. The van der Waals surface area contributed by atoms with Gasteiger partial charge in [0.1, 0.15) is 12.1 Å². The Hall–Kier alpha value is -2.52. The average Bonchev–Trinajstić information content (AvgIpc) is 2.43. The summed E-state index contributed by atoms with van der Waals surface area (Å²) in [6.07, 6.45) is -4.63. The number of hydrogen-bond donors (Lipinski definition) is 1. The molecule has 0 aliphatic carbocycles. The number of amides is 1. The van der Waals surface area contributed by atoms with E-state index < -0.39 is 34.8 Å². The minimum Gasteiger partial charge on any atom is -0.493 e. The molecule has 0 unspecified atom stereocenters. The first-order valence-corrected chi connectivity index (χ1v) is 6.03. The van der Waals surface area contributed by atoms with Gasteiger partial charge >= 0.3 is 6.18 Å². The minimum absolute atomic E-state index is 0.000853. The van der Waals surface area contributed by atoms with Gasteiger partial charge in [0, 0.05) is 6.07 Å². The van der Waals surface area contributed by atoms with Crippen molar-refractivity contribution >= 4 is 11.6 Å². The zero-order chi connectivity index (χ0) is 16.9. The van der Waals surface area contributed by atoms with E-state index in [1.807, 2.05) is 0 Å². The first-order chi connectivity index (χ1) is 10.2. The van der Waals surface area contributed by atoms with E-state index in [2.05, 4.69) is 0 Å². The van der Waals surface area contributed by atoms with Gasteiger partial charge in [-0.25, -0.2) is 0 Å². The summed E-state index contributed by atoms with van der Waals surface area (Å²) < 4.78 is 46.4. The molecule has 0 fully saturated rings. The molecule has 0 saturated heterocycles. The molecule has 22 heavy (non-hydrogen) atoms. The number of carbonyl (C=O) groups excluding carboxylic acids is 1. The lowest BCUT2D eigenvalue weighted by Crippen LogP contribution is -2.34. The maximum absolute atomic E-state index is 12.1. The number of nitrogens with zero attached hydrogens (tertiary/aromatic N) is 1. The van der Waals surface area contributed by atoms with E-state index in [-0.39, 0.29) is 18.1 Å². The number of nitro groups is 1. The Morgan fingerprint density at radius 3 is 2.45 bits per heavy atom. The second kappa shape index (κ2) is 6.96. The molecular formula is C12H13F3N2O5. The van der Waals surface area contributed by atoms with E-state index in [0.717, 1.165) is 12.1 Å². The van der Waals surface area contributed by atoms with Gasteiger partial charge in [-0.15, -0.1) is 0 Å². The van der Waals surface area contributed by atoms with Gasteiger partial charge in [0.15, 0.2) is 11.5 Å². The summed E-state index contributed by atoms with van der Waals surface area (Å²) in [5.74, 6) is -1.21. The van der Waals surface area contributed by atoms with Crippen LogP contribution < -0.4 is 14.8 Å². The van der Waals surface area contributed by atoms with Gasteiger partial charge in [-0.05, 0) is 6.92 Å². The number of alkyl halides is 3. The standard InChI is InChI=1S/C12H13F3N2O5/c1-3-22-10-4-7(11(18)16-6-12(13,14)15)8(17(19)20)5-9(10)21-2/h4-5H,3,6H2,1-2H3,(H,16,18). The van der Waals surface area contributed by atoms with Crippen LogP contribution in [0.5, 0.6) is 11.5 Å². The number of benzene rings is 1. The molecule has 0 bridgehead atoms. The van der Waals surface area contributed by atoms with Crippen LogP contribution in [0.1, 0.15) is 17.3 Å². The van der Waals surface area contributed by atoms with Crippen molar-refractivity contribution in [1.29, 1.82) is 0 Å². The van der Waals surface area contributed by atoms with Crippen LogP contribution in [0, 0.1) is 10.1 Å². The molecule has 0 radical (unpaired) electrons. The van der Waals surface area contributed by atoms with Gasteiger partial charge in [0.05, 0.1) is 24.7 Å². The van der Waals surface area contributed by atoms with E-state index in [1.54, 1.807) is 12.2 Å². The molecule has 1 rings (SSSR count). The molecule has 7 nitrogen and oxygen atoms in total. The Labute approximate surface area is 123 Å². The summed E-state index contributed by atoms with van der Waals surface area (Å²) in [7, 11) is 1.24. The number of rotatable bonds is 6. The van der Waals surface area contributed by atoms with Crippen LogP contribution in [-0.2, 0) is 0 Å². The van der Waals surface area contributed by atoms with Crippen molar-refractivity contribution in [2.24, 2.45) is 0 Å². The van der Waals surface area contributed by atoms with Crippen LogP contribution in [-0.4, -0.2) is 37.3 Å². The Kier molecular flexibility index (Phi) is 5.55. The summed E-state index contributed by atoms with van der Waals surface area (Å²) in [5.41, 5.74) is -1.22. The summed E-state index contributed by atoms with van der Waals surface area (Å²) in [6, 6.07) is 1.90. The molecule has 1 aromatic rings. The average molecular weight is 322 g/mol. The molecular weight excluding hydrogens is 309 g/mol. The minimum atomic E-state index is -4.63. The molecule has 0 aliphatic rings. The Bertz CT molecular complexity index is 575. The van der Waals surface area contributed by atoms with Crippen molar-refractivity contribution in [2.75, 3.05) is 20.3 Å². The number of carbonyl (C=O) groups is 1. The Balaban J connectivity index is 3.22. The van der Waals surface area contributed by atoms with Crippen LogP contribution in [0.2, 0.25) is 0 Å². The highest BCUT2D eigenvalue weighted by molar-refractivity contribution is 5.99. The molecule has 1 amide bonds. The molecule has 122 valence electrons. The number of nitro benzene ring substituents is 1. The fourth-order valence-corrected chi connectivity index (χ4v) is 1.59. The fourth-order valence-electron chi connectivity index (χ4n) is 1.59. The Morgan fingerprint density at radius 2 is 2.00 bits per heavy atom. The quantitative estimate of drug-likeness (QED) is 0.641. The lowest BCUT2D eigenvalue weighted by molar-refractivity contribution is -0.385. The van der Waals surface area contributed by atoms with Crippen LogP contribution in [0.15, 0.2) is 12.1 Å². The molecule has 0 aromatic heterocycles. The third-order valence-corrected chi connectivity index (χ3v) is 2.47. The van der Waals surface area contributed by atoms with Gasteiger partial charge in [0.2, 0.25) is 0 Å². The van der Waals surface area contributed by atoms with Crippen LogP contribution in [0.25, 0.3) is 0 Å². The highest BCUT2D eigenvalue weighted by Gasteiger charge is 2.30. The zero-order valence-electron chi connectivity index (χ0n) is 11.7. The van der Waals surface area contributed by atoms with Gasteiger partial charge < -0.3 is 14.8 Å². The second-order valence-electron chi connectivity index (χ2n) is 4.01. The van der Waals surface area contributed by atoms with Crippen molar-refractivity contribution in [3.8, 4) is 11.5 Å². The number of methoxy groups -OCH3 is 1. The van der Waals surface area contributed by atoms with Gasteiger partial charge in [-0.3, -0.25) is 14.9 Å². The van der Waals surface area contributed by atoms with Crippen molar-refractivity contribution in [2.45, 2.75) is 13.1 Å². The predicted molar refractivity (Wildman–Crippen MR) is 69.2 cm³/mol. The van der Waals surface area contributed by atoms with E-state index in [4.69, 9.17) is 9.47 Å². The fraction of sp³-hybridized carbons (Fsp3) is 0.417. The number of halogens is 3. The SMILES string of the molecule is CCOc1cc(C(=O)NCC(F)(F)F)c([N+](=O)[O-])cc1OC. The largest absolute Gasteiger partial charge is 0.493 e. The normalized spacial score (nSPS) is 11.0. The summed E-state index contributed by atoms with van der Waals surface area (Å²) in [4.78, 5) is 21.8. The molecule has 0 aliphatic heterocycles. The van der Waals surface area contributed by atoms with Crippen LogP contribution >= 0.6 is 0 Å². The Morgan fingerprint density at radius 1 is 1.36 bits per heavy atom. The first kappa shape index (κ1) is 17.5. The molecule has 0 spiro atoms. The maximum atomic E-state index is 12.1. The number of hydrogen-bond acceptors (Lipinski definition) is 5. The summed E-state index contributed by atoms with van der Waals surface area (Å²) in [5, 5.41) is 12.5. The maximum Gasteiger partial charge on any atom is 0.405 e. The monoisotopic (exact) mass is 322 g/mol. The first-order valence-electron chi connectivity index (χ1n) is 6.03. The molecule has 0 saturated carbocycles. The van der Waals surface area contributed by atoms with Crippen molar-refractivity contribution in [3.63, 3.8) is 0 Å². The van der Waals surface area contributed by atoms with Crippen LogP contribution in [0.3, 0.4) is 0 Å². The molecule has 10 heteroatoms. The number of ether oxygens (including phenoxy) is 2. The van der Waals surface area contributed by atoms with Crippen molar-refractivity contribution in [3.05, 3.63) is 27.8 Å². The lowest BCUT2D eigenvalue weighted by Gasteiger charge is -2.12. The summed E-state index contributed by atoms with van der Waals surface area (Å²) in [6.45, 7) is 0.209.